The first-order valence-electron chi connectivity index (χ1n) is 7.64. The molecule has 0 atom stereocenters. The summed E-state index contributed by atoms with van der Waals surface area (Å²) in [4.78, 5) is 12.4. The first kappa shape index (κ1) is 15.8. The van der Waals surface area contributed by atoms with Gasteiger partial charge in [0.25, 0.3) is 0 Å². The van der Waals surface area contributed by atoms with Gasteiger partial charge in [-0.15, -0.1) is 0 Å². The average Bonchev–Trinajstić information content (AvgIpc) is 3.23. The number of fused-ring (bicyclic) bond motifs is 1. The number of nitrogens with zero attached hydrogens (tertiary/aromatic N) is 4. The SMILES string of the molecule is O=C(Cc1ccc2nsnc2c1)N1CCC(c2cc(F)cc(F)c2)=N1. The lowest BCUT2D eigenvalue weighted by atomic mass is 10.1. The summed E-state index contributed by atoms with van der Waals surface area (Å²) in [5, 5.41) is 5.58. The van der Waals surface area contributed by atoms with Crippen molar-refractivity contribution >= 4 is 34.4 Å². The summed E-state index contributed by atoms with van der Waals surface area (Å²) in [7, 11) is 0. The molecule has 1 aliphatic rings. The molecule has 0 spiro atoms. The Labute approximate surface area is 145 Å². The van der Waals surface area contributed by atoms with Gasteiger partial charge in [-0.05, 0) is 29.8 Å². The van der Waals surface area contributed by atoms with Crippen molar-refractivity contribution in [3.8, 4) is 0 Å². The van der Waals surface area contributed by atoms with E-state index >= 15 is 0 Å². The molecule has 0 aliphatic carbocycles. The van der Waals surface area contributed by atoms with Crippen LogP contribution in [-0.2, 0) is 11.2 Å². The first-order chi connectivity index (χ1) is 12.1. The van der Waals surface area contributed by atoms with Crippen molar-refractivity contribution in [3.05, 3.63) is 59.2 Å². The lowest BCUT2D eigenvalue weighted by molar-refractivity contribution is -0.130. The number of amides is 1. The molecule has 1 aromatic heterocycles. The summed E-state index contributed by atoms with van der Waals surface area (Å²) in [6.07, 6.45) is 0.644. The van der Waals surface area contributed by atoms with Crippen LogP contribution in [0.3, 0.4) is 0 Å². The third-order valence-corrected chi connectivity index (χ3v) is 4.52. The maximum atomic E-state index is 13.3. The Morgan fingerprint density at radius 3 is 2.64 bits per heavy atom. The maximum absolute atomic E-state index is 13.3. The van der Waals surface area contributed by atoms with Crippen LogP contribution in [0.2, 0.25) is 0 Å². The standard InChI is InChI=1S/C17H12F2N4OS/c18-12-7-11(8-13(19)9-12)14-3-4-23(20-14)17(24)6-10-1-2-15-16(5-10)22-25-21-15/h1-2,5,7-9H,3-4,6H2. The summed E-state index contributed by atoms with van der Waals surface area (Å²) in [5.74, 6) is -1.49. The minimum atomic E-state index is -0.660. The number of hydrogen-bond acceptors (Lipinski definition) is 5. The van der Waals surface area contributed by atoms with Gasteiger partial charge in [-0.3, -0.25) is 4.79 Å². The van der Waals surface area contributed by atoms with E-state index in [-0.39, 0.29) is 12.3 Å². The van der Waals surface area contributed by atoms with Crippen LogP contribution in [0.5, 0.6) is 0 Å². The Balaban J connectivity index is 1.51. The van der Waals surface area contributed by atoms with E-state index in [4.69, 9.17) is 0 Å². The number of benzene rings is 2. The summed E-state index contributed by atoms with van der Waals surface area (Å²) in [6, 6.07) is 8.75. The Morgan fingerprint density at radius 2 is 1.84 bits per heavy atom. The average molecular weight is 358 g/mol. The predicted octanol–water partition coefficient (Wildman–Crippen LogP) is 3.15. The van der Waals surface area contributed by atoms with E-state index in [1.54, 1.807) is 0 Å². The molecule has 0 bridgehead atoms. The summed E-state index contributed by atoms with van der Waals surface area (Å²) in [5.41, 5.74) is 3.26. The van der Waals surface area contributed by atoms with E-state index in [2.05, 4.69) is 13.8 Å². The highest BCUT2D eigenvalue weighted by molar-refractivity contribution is 7.00. The van der Waals surface area contributed by atoms with E-state index < -0.39 is 11.6 Å². The van der Waals surface area contributed by atoms with Gasteiger partial charge in [-0.25, -0.2) is 13.8 Å². The quantitative estimate of drug-likeness (QED) is 0.723. The molecule has 1 aliphatic heterocycles. The lowest BCUT2D eigenvalue weighted by Crippen LogP contribution is -2.25. The van der Waals surface area contributed by atoms with Crippen LogP contribution in [0, 0.1) is 11.6 Å². The number of halogens is 2. The molecule has 2 heterocycles. The van der Waals surface area contributed by atoms with Crippen LogP contribution in [0.25, 0.3) is 11.0 Å². The van der Waals surface area contributed by atoms with E-state index in [9.17, 15) is 13.6 Å². The van der Waals surface area contributed by atoms with Crippen molar-refractivity contribution in [2.75, 3.05) is 6.54 Å². The van der Waals surface area contributed by atoms with Gasteiger partial charge in [-0.1, -0.05) is 6.07 Å². The van der Waals surface area contributed by atoms with E-state index in [1.165, 1.54) is 17.1 Å². The Hall–Kier alpha value is -2.74. The van der Waals surface area contributed by atoms with E-state index in [0.29, 0.717) is 24.2 Å². The number of hydrazone groups is 1. The molecule has 0 radical (unpaired) electrons. The Kier molecular flexibility index (Phi) is 3.96. The molecule has 0 fully saturated rings. The van der Waals surface area contributed by atoms with Gasteiger partial charge >= 0.3 is 0 Å². The van der Waals surface area contributed by atoms with E-state index in [0.717, 1.165) is 34.4 Å². The highest BCUT2D eigenvalue weighted by atomic mass is 32.1. The molecule has 0 N–H and O–H groups in total. The second-order valence-electron chi connectivity index (χ2n) is 5.74. The van der Waals surface area contributed by atoms with Crippen molar-refractivity contribution in [3.63, 3.8) is 0 Å². The molecule has 0 saturated carbocycles. The van der Waals surface area contributed by atoms with Crippen LogP contribution < -0.4 is 0 Å². The number of hydrogen-bond donors (Lipinski definition) is 0. The number of aromatic nitrogens is 2. The van der Waals surface area contributed by atoms with Gasteiger partial charge in [0, 0.05) is 18.1 Å². The predicted molar refractivity (Wildman–Crippen MR) is 90.3 cm³/mol. The van der Waals surface area contributed by atoms with Crippen LogP contribution >= 0.6 is 11.7 Å². The molecule has 2 aromatic carbocycles. The van der Waals surface area contributed by atoms with Crippen molar-refractivity contribution in [2.24, 2.45) is 5.10 Å². The molecule has 1 amide bonds. The van der Waals surface area contributed by atoms with Crippen molar-refractivity contribution in [1.82, 2.24) is 13.8 Å². The molecule has 25 heavy (non-hydrogen) atoms. The van der Waals surface area contributed by atoms with E-state index in [1.807, 2.05) is 18.2 Å². The normalized spacial score (nSPS) is 14.2. The van der Waals surface area contributed by atoms with Gasteiger partial charge in [0.15, 0.2) is 0 Å². The summed E-state index contributed by atoms with van der Waals surface area (Å²) < 4.78 is 35.0. The maximum Gasteiger partial charge on any atom is 0.247 e. The molecule has 4 rings (SSSR count). The van der Waals surface area contributed by atoms with Gasteiger partial charge in [0.05, 0.1) is 30.4 Å². The largest absolute Gasteiger partial charge is 0.273 e. The molecule has 126 valence electrons. The number of carbonyl (C=O) groups is 1. The lowest BCUT2D eigenvalue weighted by Gasteiger charge is -2.11. The van der Waals surface area contributed by atoms with Crippen LogP contribution in [-0.4, -0.2) is 31.9 Å². The van der Waals surface area contributed by atoms with Gasteiger partial charge in [0.2, 0.25) is 5.91 Å². The fraction of sp³-hybridized carbons (Fsp3) is 0.176. The van der Waals surface area contributed by atoms with Crippen LogP contribution in [0.1, 0.15) is 17.5 Å². The fourth-order valence-electron chi connectivity index (χ4n) is 2.76. The molecule has 5 nitrogen and oxygen atoms in total. The molecular weight excluding hydrogens is 346 g/mol. The fourth-order valence-corrected chi connectivity index (χ4v) is 3.28. The van der Waals surface area contributed by atoms with Crippen molar-refractivity contribution < 1.29 is 13.6 Å². The highest BCUT2D eigenvalue weighted by Gasteiger charge is 2.22. The monoisotopic (exact) mass is 358 g/mol. The third kappa shape index (κ3) is 3.25. The zero-order valence-corrected chi connectivity index (χ0v) is 13.8. The van der Waals surface area contributed by atoms with Crippen molar-refractivity contribution in [1.29, 1.82) is 0 Å². The number of rotatable bonds is 3. The first-order valence-corrected chi connectivity index (χ1v) is 8.37. The minimum Gasteiger partial charge on any atom is -0.273 e. The summed E-state index contributed by atoms with van der Waals surface area (Å²) in [6.45, 7) is 0.396. The smallest absolute Gasteiger partial charge is 0.247 e. The Bertz CT molecular complexity index is 981. The topological polar surface area (TPSA) is 58.5 Å². The molecule has 8 heteroatoms. The zero-order chi connectivity index (χ0) is 17.4. The van der Waals surface area contributed by atoms with Gasteiger partial charge in [0.1, 0.15) is 22.7 Å². The molecule has 0 unspecified atom stereocenters. The second-order valence-corrected chi connectivity index (χ2v) is 6.26. The zero-order valence-electron chi connectivity index (χ0n) is 12.9. The van der Waals surface area contributed by atoms with Crippen molar-refractivity contribution in [2.45, 2.75) is 12.8 Å². The van der Waals surface area contributed by atoms with Crippen LogP contribution in [0.4, 0.5) is 8.78 Å². The van der Waals surface area contributed by atoms with Gasteiger partial charge in [-0.2, -0.15) is 13.8 Å². The number of carbonyl (C=O) groups excluding carboxylic acids is 1. The van der Waals surface area contributed by atoms with Crippen LogP contribution in [0.15, 0.2) is 41.5 Å². The minimum absolute atomic E-state index is 0.172. The van der Waals surface area contributed by atoms with Gasteiger partial charge < -0.3 is 0 Å². The highest BCUT2D eigenvalue weighted by Crippen LogP contribution is 2.19. The molecule has 3 aromatic rings. The molecule has 0 saturated heterocycles. The Morgan fingerprint density at radius 1 is 1.08 bits per heavy atom. The third-order valence-electron chi connectivity index (χ3n) is 3.96. The summed E-state index contributed by atoms with van der Waals surface area (Å²) >= 11 is 1.13. The second kappa shape index (κ2) is 6.29. The molecular formula is C17H12F2N4OS.